The summed E-state index contributed by atoms with van der Waals surface area (Å²) in [4.78, 5) is 15.7. The van der Waals surface area contributed by atoms with Crippen molar-refractivity contribution >= 4 is 34.0 Å². The van der Waals surface area contributed by atoms with Gasteiger partial charge in [-0.15, -0.1) is 22.9 Å². The molecule has 0 aliphatic rings. The molecule has 0 bridgehead atoms. The van der Waals surface area contributed by atoms with Gasteiger partial charge in [0.15, 0.2) is 5.13 Å². The summed E-state index contributed by atoms with van der Waals surface area (Å²) in [5.41, 5.74) is 4.20. The van der Waals surface area contributed by atoms with E-state index in [1.165, 1.54) is 16.9 Å². The van der Waals surface area contributed by atoms with E-state index in [1.807, 2.05) is 35.7 Å². The minimum absolute atomic E-state index is 0.0688. The molecule has 3 rings (SSSR count). The Hall–Kier alpha value is -2.17. The van der Waals surface area contributed by atoms with Crippen LogP contribution < -0.4 is 5.32 Å². The third-order valence-electron chi connectivity index (χ3n) is 3.16. The van der Waals surface area contributed by atoms with Crippen molar-refractivity contribution < 1.29 is 4.79 Å². The van der Waals surface area contributed by atoms with Gasteiger partial charge in [0.05, 0.1) is 5.69 Å². The summed E-state index contributed by atoms with van der Waals surface area (Å²) in [5, 5.41) is 5.14. The van der Waals surface area contributed by atoms with E-state index in [0.717, 1.165) is 16.8 Å². The molecule has 0 fully saturated rings. The van der Waals surface area contributed by atoms with Gasteiger partial charge >= 0.3 is 0 Å². The number of anilines is 1. The molecule has 1 N–H and O–H groups in total. The van der Waals surface area contributed by atoms with Gasteiger partial charge in [-0.05, 0) is 11.1 Å². The van der Waals surface area contributed by atoms with Crippen molar-refractivity contribution in [2.45, 2.75) is 0 Å². The zero-order valence-electron chi connectivity index (χ0n) is 11.6. The van der Waals surface area contributed by atoms with Crippen LogP contribution in [-0.2, 0) is 4.79 Å². The highest BCUT2D eigenvalue weighted by atomic mass is 35.5. The molecular weight excluding hydrogens is 316 g/mol. The van der Waals surface area contributed by atoms with Crippen LogP contribution in [0.1, 0.15) is 0 Å². The molecule has 0 saturated heterocycles. The van der Waals surface area contributed by atoms with Crippen molar-refractivity contribution in [2.24, 2.45) is 0 Å². The van der Waals surface area contributed by atoms with Crippen LogP contribution in [0.25, 0.3) is 22.4 Å². The number of thiazole rings is 1. The lowest BCUT2D eigenvalue weighted by atomic mass is 10.0. The molecule has 0 atom stereocenters. The van der Waals surface area contributed by atoms with Gasteiger partial charge < -0.3 is 5.32 Å². The largest absolute Gasteiger partial charge is 0.301 e. The number of hydrogen-bond acceptors (Lipinski definition) is 3. The Morgan fingerprint density at radius 2 is 1.64 bits per heavy atom. The van der Waals surface area contributed by atoms with Gasteiger partial charge in [0.1, 0.15) is 5.88 Å². The molecule has 110 valence electrons. The fraction of sp³-hybridized carbons (Fsp3) is 0.0588. The molecule has 1 aromatic heterocycles. The van der Waals surface area contributed by atoms with Crippen LogP contribution in [0.3, 0.4) is 0 Å². The van der Waals surface area contributed by atoms with Crippen molar-refractivity contribution in [3.05, 3.63) is 60.0 Å². The van der Waals surface area contributed by atoms with E-state index in [0.29, 0.717) is 5.13 Å². The van der Waals surface area contributed by atoms with E-state index >= 15 is 0 Å². The first-order chi connectivity index (χ1) is 10.8. The predicted molar refractivity (Wildman–Crippen MR) is 92.3 cm³/mol. The topological polar surface area (TPSA) is 42.0 Å². The zero-order chi connectivity index (χ0) is 15.4. The van der Waals surface area contributed by atoms with Crippen LogP contribution in [0.15, 0.2) is 60.0 Å². The quantitative estimate of drug-likeness (QED) is 0.708. The van der Waals surface area contributed by atoms with Crippen molar-refractivity contribution in [1.29, 1.82) is 0 Å². The van der Waals surface area contributed by atoms with Crippen LogP contribution in [0, 0.1) is 0 Å². The number of carbonyl (C=O) groups excluding carboxylic acids is 1. The Bertz CT molecular complexity index is 769. The molecule has 0 unspecified atom stereocenters. The van der Waals surface area contributed by atoms with E-state index < -0.39 is 0 Å². The van der Waals surface area contributed by atoms with Gasteiger partial charge in [-0.3, -0.25) is 4.79 Å². The highest BCUT2D eigenvalue weighted by molar-refractivity contribution is 7.14. The lowest BCUT2D eigenvalue weighted by Crippen LogP contribution is -2.12. The fourth-order valence-electron chi connectivity index (χ4n) is 2.08. The smallest absolute Gasteiger partial charge is 0.241 e. The van der Waals surface area contributed by atoms with Gasteiger partial charge in [-0.2, -0.15) is 0 Å². The standard InChI is InChI=1S/C17H13ClN2OS/c18-10-16(21)20-17-19-15(11-22-17)14-8-6-13(7-9-14)12-4-2-1-3-5-12/h1-9,11H,10H2,(H,19,20,21). The first kappa shape index (κ1) is 14.8. The number of nitrogens with one attached hydrogen (secondary N) is 1. The Balaban J connectivity index is 1.80. The Morgan fingerprint density at radius 1 is 1.00 bits per heavy atom. The maximum Gasteiger partial charge on any atom is 0.241 e. The summed E-state index contributed by atoms with van der Waals surface area (Å²) in [5.74, 6) is -0.317. The summed E-state index contributed by atoms with van der Waals surface area (Å²) >= 11 is 6.85. The number of benzene rings is 2. The fourth-order valence-corrected chi connectivity index (χ4v) is 2.88. The second-order valence-corrected chi connectivity index (χ2v) is 5.79. The molecular formula is C17H13ClN2OS. The van der Waals surface area contributed by atoms with E-state index in [9.17, 15) is 4.79 Å². The molecule has 3 aromatic rings. The Kier molecular flexibility index (Phi) is 4.51. The zero-order valence-corrected chi connectivity index (χ0v) is 13.2. The predicted octanol–water partition coefficient (Wildman–Crippen LogP) is 4.65. The molecule has 1 heterocycles. The molecule has 22 heavy (non-hydrogen) atoms. The molecule has 2 aromatic carbocycles. The number of halogens is 1. The van der Waals surface area contributed by atoms with Crippen molar-refractivity contribution in [2.75, 3.05) is 11.2 Å². The third-order valence-corrected chi connectivity index (χ3v) is 4.16. The molecule has 1 amide bonds. The second kappa shape index (κ2) is 6.73. The van der Waals surface area contributed by atoms with E-state index in [-0.39, 0.29) is 11.8 Å². The van der Waals surface area contributed by atoms with Gasteiger partial charge in [0, 0.05) is 10.9 Å². The molecule has 0 aliphatic heterocycles. The Morgan fingerprint density at radius 3 is 2.32 bits per heavy atom. The van der Waals surface area contributed by atoms with E-state index in [2.05, 4.69) is 34.6 Å². The highest BCUT2D eigenvalue weighted by Gasteiger charge is 2.07. The lowest BCUT2D eigenvalue weighted by molar-refractivity contribution is -0.113. The van der Waals surface area contributed by atoms with E-state index in [1.54, 1.807) is 0 Å². The summed E-state index contributed by atoms with van der Waals surface area (Å²) in [6.07, 6.45) is 0. The Labute approximate surface area is 137 Å². The minimum atomic E-state index is -0.248. The molecule has 3 nitrogen and oxygen atoms in total. The average Bonchev–Trinajstić information content (AvgIpc) is 3.04. The van der Waals surface area contributed by atoms with Crippen LogP contribution >= 0.6 is 22.9 Å². The SMILES string of the molecule is O=C(CCl)Nc1nc(-c2ccc(-c3ccccc3)cc2)cs1. The van der Waals surface area contributed by atoms with E-state index in [4.69, 9.17) is 11.6 Å². The number of carbonyl (C=O) groups is 1. The van der Waals surface area contributed by atoms with Crippen molar-refractivity contribution in [3.63, 3.8) is 0 Å². The average molecular weight is 329 g/mol. The van der Waals surface area contributed by atoms with Gasteiger partial charge in [-0.1, -0.05) is 54.6 Å². The second-order valence-electron chi connectivity index (χ2n) is 4.66. The van der Waals surface area contributed by atoms with Crippen LogP contribution in [-0.4, -0.2) is 16.8 Å². The number of aromatic nitrogens is 1. The third kappa shape index (κ3) is 3.35. The maximum atomic E-state index is 11.3. The lowest BCUT2D eigenvalue weighted by Gasteiger charge is -2.03. The number of amides is 1. The summed E-state index contributed by atoms with van der Waals surface area (Å²) in [7, 11) is 0. The molecule has 0 aliphatic carbocycles. The minimum Gasteiger partial charge on any atom is -0.301 e. The van der Waals surface area contributed by atoms with Gasteiger partial charge in [0.25, 0.3) is 0 Å². The number of alkyl halides is 1. The maximum absolute atomic E-state index is 11.3. The summed E-state index contributed by atoms with van der Waals surface area (Å²) in [6.45, 7) is 0. The highest BCUT2D eigenvalue weighted by Crippen LogP contribution is 2.27. The molecule has 0 saturated carbocycles. The summed E-state index contributed by atoms with van der Waals surface area (Å²) in [6, 6.07) is 18.4. The number of nitrogens with zero attached hydrogens (tertiary/aromatic N) is 1. The molecule has 0 radical (unpaired) electrons. The van der Waals surface area contributed by atoms with Gasteiger partial charge in [0.2, 0.25) is 5.91 Å². The van der Waals surface area contributed by atoms with Gasteiger partial charge in [-0.25, -0.2) is 4.98 Å². The van der Waals surface area contributed by atoms with Crippen molar-refractivity contribution in [3.8, 4) is 22.4 Å². The van der Waals surface area contributed by atoms with Crippen molar-refractivity contribution in [1.82, 2.24) is 4.98 Å². The molecule has 0 spiro atoms. The van der Waals surface area contributed by atoms with Crippen LogP contribution in [0.4, 0.5) is 5.13 Å². The summed E-state index contributed by atoms with van der Waals surface area (Å²) < 4.78 is 0. The first-order valence-corrected chi connectivity index (χ1v) is 8.15. The molecule has 5 heteroatoms. The number of hydrogen-bond donors (Lipinski definition) is 1. The normalized spacial score (nSPS) is 10.4. The monoisotopic (exact) mass is 328 g/mol. The first-order valence-electron chi connectivity index (χ1n) is 6.73. The van der Waals surface area contributed by atoms with Crippen LogP contribution in [0.5, 0.6) is 0 Å². The van der Waals surface area contributed by atoms with Crippen LogP contribution in [0.2, 0.25) is 0 Å². The number of rotatable bonds is 4.